The molecule has 1 saturated heterocycles. The number of allylic oxidation sites excluding steroid dienone is 2. The van der Waals surface area contributed by atoms with E-state index in [-0.39, 0.29) is 24.9 Å². The third-order valence-electron chi connectivity index (χ3n) is 6.52. The smallest absolute Gasteiger partial charge is 0.325 e. The minimum Gasteiger partial charge on any atom is -0.497 e. The Bertz CT molecular complexity index is 1060. The van der Waals surface area contributed by atoms with E-state index >= 15 is 0 Å². The van der Waals surface area contributed by atoms with E-state index in [9.17, 15) is 14.4 Å². The lowest BCUT2D eigenvalue weighted by molar-refractivity contribution is -0.138. The number of urea groups is 1. The first kappa shape index (κ1) is 23.6. The first-order valence-corrected chi connectivity index (χ1v) is 11.7. The zero-order chi connectivity index (χ0) is 24.1. The number of rotatable bonds is 9. The molecule has 2 heterocycles. The van der Waals surface area contributed by atoms with Gasteiger partial charge in [-0.1, -0.05) is 18.2 Å². The number of nitrogens with one attached hydrogen (secondary N) is 1. The summed E-state index contributed by atoms with van der Waals surface area (Å²) >= 11 is 0. The standard InChI is InChI=1S/C26H31N3O5/c1-26(15-14-19-10-12-21(33-2)13-11-19)24(31)29(25(32)27-26)18-23(30)28(17-22-9-6-16-34-22)20-7-4-3-5-8-20/h6-7,9-13,16H,3-5,8,14-15,17-18H2,1-2H3,(H,27,32)/t26-/m0/s1. The van der Waals surface area contributed by atoms with E-state index in [1.807, 2.05) is 30.3 Å². The van der Waals surface area contributed by atoms with Crippen molar-refractivity contribution in [2.45, 2.75) is 57.5 Å². The van der Waals surface area contributed by atoms with Crippen molar-refractivity contribution in [2.75, 3.05) is 13.7 Å². The molecular weight excluding hydrogens is 434 g/mol. The van der Waals surface area contributed by atoms with Crippen LogP contribution >= 0.6 is 0 Å². The summed E-state index contributed by atoms with van der Waals surface area (Å²) in [5.41, 5.74) is 0.891. The van der Waals surface area contributed by atoms with Gasteiger partial charge in [-0.2, -0.15) is 0 Å². The number of methoxy groups -OCH3 is 1. The summed E-state index contributed by atoms with van der Waals surface area (Å²) in [6.45, 7) is 1.68. The molecule has 1 N–H and O–H groups in total. The molecule has 34 heavy (non-hydrogen) atoms. The average molecular weight is 466 g/mol. The molecule has 0 spiro atoms. The molecule has 1 aliphatic carbocycles. The molecule has 1 fully saturated rings. The average Bonchev–Trinajstić information content (AvgIpc) is 3.44. The SMILES string of the molecule is COc1ccc(CC[C@]2(C)NC(=O)N(CC(=O)N(Cc3ccco3)C3=CCCCC3)C2=O)cc1. The fourth-order valence-electron chi connectivity index (χ4n) is 4.44. The fraction of sp³-hybridized carbons (Fsp3) is 0.423. The molecule has 0 saturated carbocycles. The zero-order valence-electron chi connectivity index (χ0n) is 19.7. The molecule has 8 heteroatoms. The highest BCUT2D eigenvalue weighted by Crippen LogP contribution is 2.26. The minimum atomic E-state index is -1.06. The van der Waals surface area contributed by atoms with Gasteiger partial charge in [0, 0.05) is 5.70 Å². The number of benzene rings is 1. The number of hydrogen-bond acceptors (Lipinski definition) is 5. The van der Waals surface area contributed by atoms with E-state index in [0.29, 0.717) is 18.6 Å². The van der Waals surface area contributed by atoms with Gasteiger partial charge >= 0.3 is 6.03 Å². The maximum atomic E-state index is 13.3. The zero-order valence-corrected chi connectivity index (χ0v) is 19.7. The van der Waals surface area contributed by atoms with Crippen LogP contribution in [0.2, 0.25) is 0 Å². The number of carbonyl (C=O) groups excluding carboxylic acids is 3. The van der Waals surface area contributed by atoms with Crippen molar-refractivity contribution in [2.24, 2.45) is 0 Å². The predicted molar refractivity (Wildman–Crippen MR) is 126 cm³/mol. The summed E-state index contributed by atoms with van der Waals surface area (Å²) in [5, 5.41) is 2.80. The molecule has 1 aliphatic heterocycles. The van der Waals surface area contributed by atoms with Crippen molar-refractivity contribution in [1.29, 1.82) is 0 Å². The van der Waals surface area contributed by atoms with Crippen LogP contribution in [0.3, 0.4) is 0 Å². The van der Waals surface area contributed by atoms with Crippen LogP contribution in [0.5, 0.6) is 5.75 Å². The third-order valence-corrected chi connectivity index (χ3v) is 6.52. The monoisotopic (exact) mass is 465 g/mol. The molecule has 2 aliphatic rings. The van der Waals surface area contributed by atoms with E-state index in [1.54, 1.807) is 31.3 Å². The number of aryl methyl sites for hydroxylation is 1. The highest BCUT2D eigenvalue weighted by Gasteiger charge is 2.48. The van der Waals surface area contributed by atoms with Crippen molar-refractivity contribution in [3.05, 3.63) is 65.8 Å². The van der Waals surface area contributed by atoms with Gasteiger partial charge in [0.2, 0.25) is 5.91 Å². The minimum absolute atomic E-state index is 0.274. The Morgan fingerprint density at radius 3 is 2.65 bits per heavy atom. The topological polar surface area (TPSA) is 92.1 Å². The summed E-state index contributed by atoms with van der Waals surface area (Å²) < 4.78 is 10.6. The number of carbonyl (C=O) groups is 3. The van der Waals surface area contributed by atoms with Crippen molar-refractivity contribution < 1.29 is 23.5 Å². The summed E-state index contributed by atoms with van der Waals surface area (Å²) in [7, 11) is 1.61. The Hall–Kier alpha value is -3.55. The number of nitrogens with zero attached hydrogens (tertiary/aromatic N) is 2. The highest BCUT2D eigenvalue weighted by atomic mass is 16.5. The molecular formula is C26H31N3O5. The molecule has 1 atom stereocenters. The summed E-state index contributed by atoms with van der Waals surface area (Å²) in [4.78, 5) is 42.0. The molecule has 2 aromatic rings. The largest absolute Gasteiger partial charge is 0.497 e. The first-order chi connectivity index (χ1) is 16.4. The van der Waals surface area contributed by atoms with E-state index in [1.165, 1.54) is 0 Å². The van der Waals surface area contributed by atoms with Crippen LogP contribution in [-0.4, -0.2) is 46.8 Å². The van der Waals surface area contributed by atoms with Gasteiger partial charge in [0.25, 0.3) is 5.91 Å². The van der Waals surface area contributed by atoms with Crippen LogP contribution in [0, 0.1) is 0 Å². The van der Waals surface area contributed by atoms with Gasteiger partial charge in [0.15, 0.2) is 0 Å². The van der Waals surface area contributed by atoms with E-state index < -0.39 is 11.6 Å². The van der Waals surface area contributed by atoms with E-state index in [4.69, 9.17) is 9.15 Å². The summed E-state index contributed by atoms with van der Waals surface area (Å²) in [6.07, 6.45) is 8.44. The van der Waals surface area contributed by atoms with Gasteiger partial charge in [0.1, 0.15) is 23.6 Å². The third kappa shape index (κ3) is 5.16. The van der Waals surface area contributed by atoms with Gasteiger partial charge in [-0.25, -0.2) is 4.79 Å². The molecule has 0 unspecified atom stereocenters. The van der Waals surface area contributed by atoms with Crippen LogP contribution in [0.15, 0.2) is 58.9 Å². The molecule has 4 amide bonds. The van der Waals surface area contributed by atoms with E-state index in [2.05, 4.69) is 11.4 Å². The maximum absolute atomic E-state index is 13.3. The lowest BCUT2D eigenvalue weighted by atomic mass is 9.93. The highest BCUT2D eigenvalue weighted by molar-refractivity contribution is 6.08. The second-order valence-electron chi connectivity index (χ2n) is 9.00. The Labute approximate surface area is 199 Å². The normalized spacial score (nSPS) is 20.2. The lowest BCUT2D eigenvalue weighted by Crippen LogP contribution is -2.46. The fourth-order valence-corrected chi connectivity index (χ4v) is 4.44. The molecule has 0 bridgehead atoms. The van der Waals surface area contributed by atoms with Gasteiger partial charge in [-0.3, -0.25) is 14.5 Å². The number of hydrogen-bond donors (Lipinski definition) is 1. The van der Waals surface area contributed by atoms with Gasteiger partial charge in [-0.05, 0) is 75.3 Å². The van der Waals surface area contributed by atoms with Crippen molar-refractivity contribution in [1.82, 2.24) is 15.1 Å². The van der Waals surface area contributed by atoms with E-state index in [0.717, 1.165) is 47.6 Å². The number of amides is 4. The predicted octanol–water partition coefficient (Wildman–Crippen LogP) is 4.02. The van der Waals surface area contributed by atoms with Crippen LogP contribution in [0.25, 0.3) is 0 Å². The first-order valence-electron chi connectivity index (χ1n) is 11.7. The van der Waals surface area contributed by atoms with Gasteiger partial charge in [-0.15, -0.1) is 0 Å². The Morgan fingerprint density at radius 1 is 1.21 bits per heavy atom. The number of furan rings is 1. The molecule has 1 aromatic carbocycles. The number of ether oxygens (including phenoxy) is 1. The van der Waals surface area contributed by atoms with Gasteiger partial charge in [0.05, 0.1) is 19.9 Å². The second-order valence-corrected chi connectivity index (χ2v) is 9.00. The van der Waals surface area contributed by atoms with Crippen molar-refractivity contribution in [3.63, 3.8) is 0 Å². The van der Waals surface area contributed by atoms with Crippen LogP contribution < -0.4 is 10.1 Å². The Kier molecular flexibility index (Phi) is 7.05. The molecule has 1 aromatic heterocycles. The summed E-state index contributed by atoms with van der Waals surface area (Å²) in [5.74, 6) is 0.737. The van der Waals surface area contributed by atoms with Crippen LogP contribution in [-0.2, 0) is 22.6 Å². The second kappa shape index (κ2) is 10.2. The van der Waals surface area contributed by atoms with Gasteiger partial charge < -0.3 is 19.4 Å². The molecule has 180 valence electrons. The Balaban J connectivity index is 1.44. The Morgan fingerprint density at radius 2 is 2.00 bits per heavy atom. The van der Waals surface area contributed by atoms with Crippen molar-refractivity contribution in [3.8, 4) is 5.75 Å². The number of imide groups is 1. The molecule has 4 rings (SSSR count). The van der Waals surface area contributed by atoms with Crippen molar-refractivity contribution >= 4 is 17.8 Å². The van der Waals surface area contributed by atoms with Crippen LogP contribution in [0.1, 0.15) is 50.4 Å². The quantitative estimate of drug-likeness (QED) is 0.565. The molecule has 0 radical (unpaired) electrons. The molecule has 8 nitrogen and oxygen atoms in total. The van der Waals surface area contributed by atoms with Crippen LogP contribution in [0.4, 0.5) is 4.79 Å². The lowest BCUT2D eigenvalue weighted by Gasteiger charge is -2.28. The summed E-state index contributed by atoms with van der Waals surface area (Å²) in [6, 6.07) is 10.7. The maximum Gasteiger partial charge on any atom is 0.325 e.